The molecule has 1 aromatic heterocycles. The molecule has 0 radical (unpaired) electrons. The molecule has 0 fully saturated rings. The van der Waals surface area contributed by atoms with Crippen LogP contribution >= 0.6 is 0 Å². The lowest BCUT2D eigenvalue weighted by atomic mass is 10.3. The third-order valence-electron chi connectivity index (χ3n) is 1.73. The Hall–Kier alpha value is -1.35. The fourth-order valence-corrected chi connectivity index (χ4v) is 1.00. The molecule has 0 bridgehead atoms. The summed E-state index contributed by atoms with van der Waals surface area (Å²) in [4.78, 5) is 11.3. The standard InChI is InChI=1S/C11H14O3/c1-2-3-4-7-13-9-10(12)11-6-5-8-14-11/h2,5-6,8H,1,3-4,7,9H2. The third kappa shape index (κ3) is 3.58. The Morgan fingerprint density at radius 3 is 3.14 bits per heavy atom. The molecule has 1 heterocycles. The first-order chi connectivity index (χ1) is 6.84. The van der Waals surface area contributed by atoms with Crippen molar-refractivity contribution >= 4 is 5.78 Å². The van der Waals surface area contributed by atoms with Crippen molar-refractivity contribution < 1.29 is 13.9 Å². The molecule has 0 amide bonds. The highest BCUT2D eigenvalue weighted by Crippen LogP contribution is 2.01. The maximum absolute atomic E-state index is 11.3. The van der Waals surface area contributed by atoms with E-state index >= 15 is 0 Å². The summed E-state index contributed by atoms with van der Waals surface area (Å²) < 4.78 is 10.1. The molecule has 0 aliphatic heterocycles. The van der Waals surface area contributed by atoms with E-state index in [0.717, 1.165) is 12.8 Å². The predicted molar refractivity (Wildman–Crippen MR) is 53.3 cm³/mol. The van der Waals surface area contributed by atoms with Gasteiger partial charge in [-0.25, -0.2) is 0 Å². The zero-order chi connectivity index (χ0) is 10.2. The minimum atomic E-state index is -0.117. The fourth-order valence-electron chi connectivity index (χ4n) is 1.00. The molecule has 0 aromatic carbocycles. The lowest BCUT2D eigenvalue weighted by Crippen LogP contribution is -2.08. The minimum Gasteiger partial charge on any atom is -0.461 e. The van der Waals surface area contributed by atoms with Crippen LogP contribution in [0.3, 0.4) is 0 Å². The molecule has 0 aliphatic rings. The molecule has 3 nitrogen and oxygen atoms in total. The van der Waals surface area contributed by atoms with Gasteiger partial charge in [0.2, 0.25) is 5.78 Å². The number of unbranched alkanes of at least 4 members (excludes halogenated alkanes) is 1. The van der Waals surface area contributed by atoms with Crippen molar-refractivity contribution in [2.75, 3.05) is 13.2 Å². The highest BCUT2D eigenvalue weighted by atomic mass is 16.5. The van der Waals surface area contributed by atoms with Crippen molar-refractivity contribution in [2.45, 2.75) is 12.8 Å². The first-order valence-electron chi connectivity index (χ1n) is 4.60. The number of hydrogen-bond acceptors (Lipinski definition) is 3. The second-order valence-electron chi connectivity index (χ2n) is 2.88. The average Bonchev–Trinajstić information content (AvgIpc) is 2.70. The van der Waals surface area contributed by atoms with Crippen molar-refractivity contribution in [1.82, 2.24) is 0 Å². The maximum Gasteiger partial charge on any atom is 0.223 e. The molecule has 1 aromatic rings. The normalized spacial score (nSPS) is 10.0. The number of rotatable bonds is 7. The van der Waals surface area contributed by atoms with Crippen molar-refractivity contribution in [2.24, 2.45) is 0 Å². The average molecular weight is 194 g/mol. The minimum absolute atomic E-state index is 0.0880. The molecular formula is C11H14O3. The molecule has 0 saturated heterocycles. The highest BCUT2D eigenvalue weighted by Gasteiger charge is 2.07. The summed E-state index contributed by atoms with van der Waals surface area (Å²) >= 11 is 0. The molecule has 0 atom stereocenters. The summed E-state index contributed by atoms with van der Waals surface area (Å²) in [6, 6.07) is 3.32. The van der Waals surface area contributed by atoms with E-state index in [2.05, 4.69) is 6.58 Å². The van der Waals surface area contributed by atoms with Crippen LogP contribution in [0, 0.1) is 0 Å². The van der Waals surface area contributed by atoms with Gasteiger partial charge in [-0.2, -0.15) is 0 Å². The van der Waals surface area contributed by atoms with Gasteiger partial charge < -0.3 is 9.15 Å². The van der Waals surface area contributed by atoms with E-state index in [4.69, 9.17) is 9.15 Å². The molecule has 0 unspecified atom stereocenters. The largest absolute Gasteiger partial charge is 0.461 e. The summed E-state index contributed by atoms with van der Waals surface area (Å²) in [5, 5.41) is 0. The number of hydrogen-bond donors (Lipinski definition) is 0. The SMILES string of the molecule is C=CCCCOCC(=O)c1ccco1. The van der Waals surface area contributed by atoms with Crippen LogP contribution in [0.1, 0.15) is 23.4 Å². The zero-order valence-corrected chi connectivity index (χ0v) is 8.07. The van der Waals surface area contributed by atoms with Gasteiger partial charge in [0.15, 0.2) is 5.76 Å². The molecule has 0 aliphatic carbocycles. The Kier molecular flexibility index (Phi) is 4.72. The summed E-state index contributed by atoms with van der Waals surface area (Å²) in [5.41, 5.74) is 0. The first-order valence-corrected chi connectivity index (χ1v) is 4.60. The van der Waals surface area contributed by atoms with Crippen LogP contribution in [-0.4, -0.2) is 19.0 Å². The second kappa shape index (κ2) is 6.16. The van der Waals surface area contributed by atoms with Crippen LogP contribution in [0.5, 0.6) is 0 Å². The lowest BCUT2D eigenvalue weighted by molar-refractivity contribution is 0.0730. The van der Waals surface area contributed by atoms with Gasteiger partial charge in [0.05, 0.1) is 6.26 Å². The highest BCUT2D eigenvalue weighted by molar-refractivity contribution is 5.94. The summed E-state index contributed by atoms with van der Waals surface area (Å²) in [6.45, 7) is 4.27. The van der Waals surface area contributed by atoms with E-state index in [0.29, 0.717) is 12.4 Å². The summed E-state index contributed by atoms with van der Waals surface area (Å²) in [7, 11) is 0. The van der Waals surface area contributed by atoms with Crippen LogP contribution in [0.15, 0.2) is 35.5 Å². The Morgan fingerprint density at radius 2 is 2.50 bits per heavy atom. The van der Waals surface area contributed by atoms with E-state index in [9.17, 15) is 4.79 Å². The van der Waals surface area contributed by atoms with E-state index < -0.39 is 0 Å². The number of carbonyl (C=O) groups excluding carboxylic acids is 1. The fraction of sp³-hybridized carbons (Fsp3) is 0.364. The van der Waals surface area contributed by atoms with Crippen LogP contribution < -0.4 is 0 Å². The van der Waals surface area contributed by atoms with Gasteiger partial charge in [0.25, 0.3) is 0 Å². The predicted octanol–water partition coefficient (Wildman–Crippen LogP) is 2.45. The van der Waals surface area contributed by atoms with Crippen molar-refractivity contribution in [3.8, 4) is 0 Å². The number of ketones is 1. The number of allylic oxidation sites excluding steroid dienone is 1. The summed E-state index contributed by atoms with van der Waals surface area (Å²) in [5.74, 6) is 0.238. The van der Waals surface area contributed by atoms with Gasteiger partial charge in [-0.15, -0.1) is 6.58 Å². The molecular weight excluding hydrogens is 180 g/mol. The molecule has 0 saturated carbocycles. The summed E-state index contributed by atoms with van der Waals surface area (Å²) in [6.07, 6.45) is 5.12. The molecule has 0 spiro atoms. The van der Waals surface area contributed by atoms with Gasteiger partial charge in [-0.05, 0) is 25.0 Å². The van der Waals surface area contributed by atoms with E-state index in [1.165, 1.54) is 6.26 Å². The van der Waals surface area contributed by atoms with Gasteiger partial charge in [0.1, 0.15) is 6.61 Å². The zero-order valence-electron chi connectivity index (χ0n) is 8.07. The van der Waals surface area contributed by atoms with Crippen molar-refractivity contribution in [3.63, 3.8) is 0 Å². The molecule has 76 valence electrons. The molecule has 3 heteroatoms. The lowest BCUT2D eigenvalue weighted by Gasteiger charge is -2.00. The number of furan rings is 1. The van der Waals surface area contributed by atoms with E-state index in [1.54, 1.807) is 12.1 Å². The molecule has 0 N–H and O–H groups in total. The van der Waals surface area contributed by atoms with E-state index in [-0.39, 0.29) is 12.4 Å². The molecule has 14 heavy (non-hydrogen) atoms. The second-order valence-corrected chi connectivity index (χ2v) is 2.88. The quantitative estimate of drug-likeness (QED) is 0.380. The van der Waals surface area contributed by atoms with Crippen LogP contribution in [0.2, 0.25) is 0 Å². The monoisotopic (exact) mass is 194 g/mol. The van der Waals surface area contributed by atoms with Gasteiger partial charge in [-0.3, -0.25) is 4.79 Å². The number of ether oxygens (including phenoxy) is 1. The Morgan fingerprint density at radius 1 is 1.64 bits per heavy atom. The number of carbonyl (C=O) groups is 1. The smallest absolute Gasteiger partial charge is 0.223 e. The van der Waals surface area contributed by atoms with Gasteiger partial charge in [0, 0.05) is 6.61 Å². The Bertz CT molecular complexity index is 275. The number of Topliss-reactive ketones (excluding diaryl/α,β-unsaturated/α-hetero) is 1. The Balaban J connectivity index is 2.13. The molecule has 1 rings (SSSR count). The Labute approximate surface area is 83.4 Å². The van der Waals surface area contributed by atoms with Gasteiger partial charge in [-0.1, -0.05) is 6.08 Å². The van der Waals surface area contributed by atoms with Crippen molar-refractivity contribution in [1.29, 1.82) is 0 Å². The van der Waals surface area contributed by atoms with Gasteiger partial charge >= 0.3 is 0 Å². The van der Waals surface area contributed by atoms with E-state index in [1.807, 2.05) is 6.08 Å². The topological polar surface area (TPSA) is 39.4 Å². The van der Waals surface area contributed by atoms with Crippen molar-refractivity contribution in [3.05, 3.63) is 36.8 Å². The maximum atomic E-state index is 11.3. The first kappa shape index (κ1) is 10.7. The van der Waals surface area contributed by atoms with Crippen LogP contribution in [-0.2, 0) is 4.74 Å². The van der Waals surface area contributed by atoms with Crippen LogP contribution in [0.4, 0.5) is 0 Å². The third-order valence-corrected chi connectivity index (χ3v) is 1.73. The van der Waals surface area contributed by atoms with Crippen LogP contribution in [0.25, 0.3) is 0 Å².